The van der Waals surface area contributed by atoms with Gasteiger partial charge < -0.3 is 0 Å². The first-order valence-electron chi connectivity index (χ1n) is 2.73. The van der Waals surface area contributed by atoms with Crippen molar-refractivity contribution >= 4 is 26.0 Å². The Hall–Kier alpha value is 0.532. The Kier molecular flexibility index (Phi) is 4.89. The smallest absolute Gasteiger partial charge is 0.282 e. The molecule has 0 fully saturated rings. The van der Waals surface area contributed by atoms with E-state index in [9.17, 15) is 8.42 Å². The minimum Gasteiger partial charge on any atom is -0.282 e. The van der Waals surface area contributed by atoms with E-state index in [4.69, 9.17) is 4.55 Å². The van der Waals surface area contributed by atoms with Gasteiger partial charge in [0.2, 0.25) is 0 Å². The molecule has 12 heavy (non-hydrogen) atoms. The molecule has 6 heteroatoms. The summed E-state index contributed by atoms with van der Waals surface area (Å²) >= 11 is 3.08. The number of hydrogen-bond donors (Lipinski definition) is 1. The Labute approximate surface area is 99.2 Å². The van der Waals surface area contributed by atoms with E-state index in [1.165, 1.54) is 18.2 Å². The van der Waals surface area contributed by atoms with E-state index in [1.54, 1.807) is 6.07 Å². The first-order valence-corrected chi connectivity index (χ1v) is 4.96. The summed E-state index contributed by atoms with van der Waals surface area (Å²) in [4.78, 5) is -0.105. The SMILES string of the molecule is O=S(=O)(O)c1cccc(Br)c1.[Cd]. The molecule has 0 spiro atoms. The van der Waals surface area contributed by atoms with Crippen LogP contribution in [0.2, 0.25) is 0 Å². The Balaban J connectivity index is 0.00000121. The van der Waals surface area contributed by atoms with Gasteiger partial charge in [-0.05, 0) is 18.2 Å². The summed E-state index contributed by atoms with van der Waals surface area (Å²) in [5.74, 6) is 0. The van der Waals surface area contributed by atoms with Crippen molar-refractivity contribution in [2.75, 3.05) is 0 Å². The van der Waals surface area contributed by atoms with Crippen LogP contribution in [0.1, 0.15) is 0 Å². The van der Waals surface area contributed by atoms with Crippen molar-refractivity contribution in [1.29, 1.82) is 0 Å². The summed E-state index contributed by atoms with van der Waals surface area (Å²) in [5.41, 5.74) is 0. The molecule has 0 amide bonds. The third kappa shape index (κ3) is 3.50. The number of benzene rings is 1. The Morgan fingerprint density at radius 1 is 1.33 bits per heavy atom. The number of hydrogen-bond acceptors (Lipinski definition) is 2. The van der Waals surface area contributed by atoms with Crippen molar-refractivity contribution in [3.63, 3.8) is 0 Å². The van der Waals surface area contributed by atoms with Gasteiger partial charge in [-0.1, -0.05) is 22.0 Å². The van der Waals surface area contributed by atoms with Crippen molar-refractivity contribution < 1.29 is 40.3 Å². The largest absolute Gasteiger partial charge is 0.294 e. The minimum absolute atomic E-state index is 0. The van der Waals surface area contributed by atoms with E-state index < -0.39 is 10.1 Å². The molecule has 0 aliphatic rings. The summed E-state index contributed by atoms with van der Waals surface area (Å²) < 4.78 is 30.2. The third-order valence-electron chi connectivity index (χ3n) is 1.09. The second kappa shape index (κ2) is 4.68. The molecule has 0 aliphatic carbocycles. The van der Waals surface area contributed by atoms with Gasteiger partial charge in [-0.15, -0.1) is 0 Å². The van der Waals surface area contributed by atoms with Crippen molar-refractivity contribution in [1.82, 2.24) is 0 Å². The summed E-state index contributed by atoms with van der Waals surface area (Å²) in [6.07, 6.45) is 0. The maximum absolute atomic E-state index is 10.5. The van der Waals surface area contributed by atoms with Crippen molar-refractivity contribution in [3.8, 4) is 0 Å². The minimum atomic E-state index is -4.06. The van der Waals surface area contributed by atoms with Gasteiger partial charge in [-0.2, -0.15) is 8.42 Å². The van der Waals surface area contributed by atoms with E-state index in [0.29, 0.717) is 4.47 Å². The fourth-order valence-corrected chi connectivity index (χ4v) is 1.70. The normalized spacial score (nSPS) is 10.5. The molecular weight excluding hydrogens is 344 g/mol. The first-order chi connectivity index (χ1) is 5.00. The van der Waals surface area contributed by atoms with Gasteiger partial charge >= 0.3 is 0 Å². The number of halogens is 1. The molecule has 3 nitrogen and oxygen atoms in total. The van der Waals surface area contributed by atoms with E-state index in [-0.39, 0.29) is 32.2 Å². The molecule has 1 aromatic rings. The molecule has 0 heterocycles. The topological polar surface area (TPSA) is 54.4 Å². The van der Waals surface area contributed by atoms with Gasteiger partial charge in [0.05, 0.1) is 4.90 Å². The molecule has 1 N–H and O–H groups in total. The molecule has 0 aromatic heterocycles. The molecule has 0 unspecified atom stereocenters. The van der Waals surface area contributed by atoms with Crippen LogP contribution in [0, 0.1) is 0 Å². The third-order valence-corrected chi connectivity index (χ3v) is 2.44. The first kappa shape index (κ1) is 12.5. The van der Waals surface area contributed by atoms with Crippen LogP contribution >= 0.6 is 15.9 Å². The molecule has 0 saturated carbocycles. The standard InChI is InChI=1S/C6H5BrO3S.Cd/c7-5-2-1-3-6(4-5)11(8,9)10;/h1-4H,(H,8,9,10);. The molecule has 1 rings (SSSR count). The summed E-state index contributed by atoms with van der Waals surface area (Å²) in [5, 5.41) is 0. The van der Waals surface area contributed by atoms with Gasteiger partial charge in [0.1, 0.15) is 0 Å². The maximum Gasteiger partial charge on any atom is 0.294 e. The molecule has 0 radical (unpaired) electrons. The van der Waals surface area contributed by atoms with E-state index in [0.717, 1.165) is 0 Å². The Bertz CT molecular complexity index is 363. The zero-order chi connectivity index (χ0) is 8.48. The average molecular weight is 349 g/mol. The van der Waals surface area contributed by atoms with Crippen LogP contribution < -0.4 is 0 Å². The van der Waals surface area contributed by atoms with Crippen LogP contribution in [0.15, 0.2) is 33.6 Å². The van der Waals surface area contributed by atoms with E-state index in [1.807, 2.05) is 0 Å². The van der Waals surface area contributed by atoms with Crippen LogP contribution in [-0.4, -0.2) is 13.0 Å². The molecule has 0 atom stereocenters. The predicted molar refractivity (Wildman–Crippen MR) is 44.0 cm³/mol. The van der Waals surface area contributed by atoms with Crippen molar-refractivity contribution in [3.05, 3.63) is 28.7 Å². The zero-order valence-electron chi connectivity index (χ0n) is 6.07. The second-order valence-electron chi connectivity index (χ2n) is 1.93. The summed E-state index contributed by atoms with van der Waals surface area (Å²) in [6, 6.07) is 5.86. The molecule has 0 aliphatic heterocycles. The van der Waals surface area contributed by atoms with Crippen molar-refractivity contribution in [2.24, 2.45) is 0 Å². The second-order valence-corrected chi connectivity index (χ2v) is 4.27. The number of rotatable bonds is 1. The molecule has 1 aromatic carbocycles. The monoisotopic (exact) mass is 350 g/mol. The molecular formula is C6H5BrCdO3S. The average Bonchev–Trinajstić information content (AvgIpc) is 1.86. The Morgan fingerprint density at radius 2 is 1.92 bits per heavy atom. The fraction of sp³-hybridized carbons (Fsp3) is 0. The van der Waals surface area contributed by atoms with E-state index >= 15 is 0 Å². The predicted octanol–water partition coefficient (Wildman–Crippen LogP) is 1.69. The van der Waals surface area contributed by atoms with Crippen LogP contribution in [-0.2, 0) is 37.4 Å². The van der Waals surface area contributed by atoms with Gasteiger partial charge in [0, 0.05) is 31.8 Å². The maximum atomic E-state index is 10.5. The van der Waals surface area contributed by atoms with Crippen LogP contribution in [0.4, 0.5) is 0 Å². The van der Waals surface area contributed by atoms with Crippen molar-refractivity contribution in [2.45, 2.75) is 4.90 Å². The molecule has 0 bridgehead atoms. The van der Waals surface area contributed by atoms with Gasteiger partial charge in [0.25, 0.3) is 10.1 Å². The van der Waals surface area contributed by atoms with Crippen LogP contribution in [0.25, 0.3) is 0 Å². The van der Waals surface area contributed by atoms with Gasteiger partial charge in [0.15, 0.2) is 0 Å². The van der Waals surface area contributed by atoms with Gasteiger partial charge in [-0.3, -0.25) is 4.55 Å². The molecule has 0 saturated heterocycles. The Morgan fingerprint density at radius 3 is 2.25 bits per heavy atom. The summed E-state index contributed by atoms with van der Waals surface area (Å²) in [7, 11) is -4.06. The summed E-state index contributed by atoms with van der Waals surface area (Å²) in [6.45, 7) is 0. The molecule has 62 valence electrons. The van der Waals surface area contributed by atoms with E-state index in [2.05, 4.69) is 15.9 Å². The zero-order valence-corrected chi connectivity index (χ0v) is 12.5. The van der Waals surface area contributed by atoms with Gasteiger partial charge in [-0.25, -0.2) is 0 Å². The van der Waals surface area contributed by atoms with Crippen LogP contribution in [0.3, 0.4) is 0 Å². The fourth-order valence-electron chi connectivity index (χ4n) is 0.627. The van der Waals surface area contributed by atoms with Crippen LogP contribution in [0.5, 0.6) is 0 Å². The quantitative estimate of drug-likeness (QED) is 0.620.